The van der Waals surface area contributed by atoms with E-state index in [-0.39, 0.29) is 18.6 Å². The highest BCUT2D eigenvalue weighted by Gasteiger charge is 2.22. The van der Waals surface area contributed by atoms with E-state index in [4.69, 9.17) is 9.84 Å². The molecule has 1 atom stereocenters. The number of hydrogen-bond donors (Lipinski definition) is 3. The first-order valence-electron chi connectivity index (χ1n) is 7.01. The number of urea groups is 1. The van der Waals surface area contributed by atoms with Crippen LogP contribution >= 0.6 is 0 Å². The zero-order chi connectivity index (χ0) is 16.5. The average molecular weight is 308 g/mol. The molecule has 22 heavy (non-hydrogen) atoms. The van der Waals surface area contributed by atoms with Crippen molar-refractivity contribution < 1.29 is 24.2 Å². The summed E-state index contributed by atoms with van der Waals surface area (Å²) >= 11 is 0. The first-order chi connectivity index (χ1) is 10.5. The number of benzene rings is 1. The maximum Gasteiger partial charge on any atom is 0.326 e. The van der Waals surface area contributed by atoms with E-state index < -0.39 is 18.0 Å². The number of carbonyl (C=O) groups excluding carboxylic acids is 2. The number of para-hydroxylation sites is 2. The fourth-order valence-corrected chi connectivity index (χ4v) is 1.74. The van der Waals surface area contributed by atoms with E-state index >= 15 is 0 Å². The minimum Gasteiger partial charge on any atom is -0.492 e. The summed E-state index contributed by atoms with van der Waals surface area (Å²) < 4.78 is 5.36. The largest absolute Gasteiger partial charge is 0.492 e. The molecule has 2 amide bonds. The minimum atomic E-state index is -1.26. The van der Waals surface area contributed by atoms with Crippen LogP contribution in [0.1, 0.15) is 26.7 Å². The lowest BCUT2D eigenvalue weighted by molar-refractivity contribution is -0.140. The third kappa shape index (κ3) is 5.43. The van der Waals surface area contributed by atoms with Gasteiger partial charge in [0.25, 0.3) is 0 Å². The Labute approximate surface area is 128 Å². The van der Waals surface area contributed by atoms with Gasteiger partial charge in [0.15, 0.2) is 0 Å². The van der Waals surface area contributed by atoms with Crippen LogP contribution in [0.2, 0.25) is 0 Å². The van der Waals surface area contributed by atoms with Crippen LogP contribution < -0.4 is 15.4 Å². The lowest BCUT2D eigenvalue weighted by atomic mass is 10.1. The van der Waals surface area contributed by atoms with Crippen LogP contribution in [0.3, 0.4) is 0 Å². The van der Waals surface area contributed by atoms with Gasteiger partial charge in [0.1, 0.15) is 17.6 Å². The number of carboxylic acids is 1. The Morgan fingerprint density at radius 3 is 2.50 bits per heavy atom. The summed E-state index contributed by atoms with van der Waals surface area (Å²) in [5.41, 5.74) is 0.424. The normalized spacial score (nSPS) is 11.4. The second-order valence-corrected chi connectivity index (χ2v) is 4.51. The van der Waals surface area contributed by atoms with Gasteiger partial charge in [0.05, 0.1) is 12.3 Å². The first kappa shape index (κ1) is 17.5. The summed E-state index contributed by atoms with van der Waals surface area (Å²) in [5.74, 6) is -1.01. The number of ketones is 1. The Morgan fingerprint density at radius 1 is 1.23 bits per heavy atom. The highest BCUT2D eigenvalue weighted by Crippen LogP contribution is 2.23. The monoisotopic (exact) mass is 308 g/mol. The fraction of sp³-hybridized carbons (Fsp3) is 0.400. The molecule has 0 aromatic heterocycles. The Morgan fingerprint density at radius 2 is 1.91 bits per heavy atom. The summed E-state index contributed by atoms with van der Waals surface area (Å²) in [6, 6.07) is 4.84. The smallest absolute Gasteiger partial charge is 0.326 e. The Balaban J connectivity index is 2.71. The zero-order valence-electron chi connectivity index (χ0n) is 12.6. The van der Waals surface area contributed by atoms with Crippen molar-refractivity contribution in [3.63, 3.8) is 0 Å². The second kappa shape index (κ2) is 8.66. The molecule has 0 bridgehead atoms. The van der Waals surface area contributed by atoms with Gasteiger partial charge in [-0.15, -0.1) is 0 Å². The van der Waals surface area contributed by atoms with Crippen LogP contribution in [-0.2, 0) is 9.59 Å². The topological polar surface area (TPSA) is 105 Å². The van der Waals surface area contributed by atoms with Gasteiger partial charge in [0.2, 0.25) is 0 Å². The molecule has 1 unspecified atom stereocenters. The molecule has 1 aromatic carbocycles. The van der Waals surface area contributed by atoms with Crippen LogP contribution in [0.4, 0.5) is 10.5 Å². The van der Waals surface area contributed by atoms with Crippen LogP contribution in [0.15, 0.2) is 24.3 Å². The molecule has 0 saturated carbocycles. The third-order valence-electron chi connectivity index (χ3n) is 2.86. The number of nitrogens with one attached hydrogen (secondary N) is 2. The molecule has 0 aliphatic heterocycles. The van der Waals surface area contributed by atoms with Crippen molar-refractivity contribution in [3.05, 3.63) is 24.3 Å². The summed E-state index contributed by atoms with van der Waals surface area (Å²) in [6.45, 7) is 3.89. The maximum atomic E-state index is 11.9. The van der Waals surface area contributed by atoms with E-state index in [9.17, 15) is 14.4 Å². The summed E-state index contributed by atoms with van der Waals surface area (Å²) in [7, 11) is 0. The van der Waals surface area contributed by atoms with Gasteiger partial charge in [-0.1, -0.05) is 19.1 Å². The molecule has 120 valence electrons. The molecule has 0 fully saturated rings. The predicted octanol–water partition coefficient (Wildman–Crippen LogP) is 2.03. The van der Waals surface area contributed by atoms with E-state index in [2.05, 4.69) is 10.6 Å². The molecule has 3 N–H and O–H groups in total. The molecule has 1 rings (SSSR count). The molecule has 0 aliphatic carbocycles. The first-order valence-corrected chi connectivity index (χ1v) is 7.01. The molecular formula is C15H20N2O5. The molecular weight excluding hydrogens is 288 g/mol. The number of anilines is 1. The van der Waals surface area contributed by atoms with Gasteiger partial charge in [-0.3, -0.25) is 4.79 Å². The van der Waals surface area contributed by atoms with Gasteiger partial charge in [0, 0.05) is 12.8 Å². The Bertz CT molecular complexity index is 544. The maximum absolute atomic E-state index is 11.9. The second-order valence-electron chi connectivity index (χ2n) is 4.51. The van der Waals surface area contributed by atoms with Gasteiger partial charge < -0.3 is 20.5 Å². The molecule has 0 aliphatic rings. The van der Waals surface area contributed by atoms with Gasteiger partial charge in [-0.25, -0.2) is 9.59 Å². The van der Waals surface area contributed by atoms with Crippen molar-refractivity contribution >= 4 is 23.5 Å². The van der Waals surface area contributed by atoms with Gasteiger partial charge in [-0.05, 0) is 19.1 Å². The van der Waals surface area contributed by atoms with Crippen LogP contribution in [0.25, 0.3) is 0 Å². The molecule has 0 radical (unpaired) electrons. The van der Waals surface area contributed by atoms with Crippen LogP contribution in [0.5, 0.6) is 5.75 Å². The van der Waals surface area contributed by atoms with Crippen molar-refractivity contribution in [1.82, 2.24) is 5.32 Å². The SMILES string of the molecule is CCOc1ccccc1NC(=O)NC(CC(=O)CC)C(=O)O. The fourth-order valence-electron chi connectivity index (χ4n) is 1.74. The van der Waals surface area contributed by atoms with Gasteiger partial charge >= 0.3 is 12.0 Å². The number of rotatable bonds is 8. The number of hydrogen-bond acceptors (Lipinski definition) is 4. The third-order valence-corrected chi connectivity index (χ3v) is 2.86. The summed E-state index contributed by atoms with van der Waals surface area (Å²) in [5, 5.41) is 13.8. The van der Waals surface area contributed by atoms with Crippen molar-refractivity contribution in [3.8, 4) is 5.75 Å². The van der Waals surface area contributed by atoms with E-state index in [1.807, 2.05) is 6.92 Å². The predicted molar refractivity (Wildman–Crippen MR) is 81.1 cm³/mol. The van der Waals surface area contributed by atoms with E-state index in [0.717, 1.165) is 0 Å². The lowest BCUT2D eigenvalue weighted by Crippen LogP contribution is -2.44. The zero-order valence-corrected chi connectivity index (χ0v) is 12.6. The number of aliphatic carboxylic acids is 1. The molecule has 1 aromatic rings. The number of carboxylic acid groups (broad SMARTS) is 1. The Hall–Kier alpha value is -2.57. The van der Waals surface area contributed by atoms with E-state index in [0.29, 0.717) is 18.0 Å². The van der Waals surface area contributed by atoms with E-state index in [1.54, 1.807) is 31.2 Å². The van der Waals surface area contributed by atoms with Crippen molar-refractivity contribution in [2.24, 2.45) is 0 Å². The van der Waals surface area contributed by atoms with E-state index in [1.165, 1.54) is 0 Å². The standard InChI is InChI=1S/C15H20N2O5/c1-3-10(18)9-12(14(19)20)17-15(21)16-11-7-5-6-8-13(11)22-4-2/h5-8,12H,3-4,9H2,1-2H3,(H,19,20)(H2,16,17,21). The summed E-state index contributed by atoms with van der Waals surface area (Å²) in [4.78, 5) is 34.3. The van der Waals surface area contributed by atoms with Crippen LogP contribution in [0, 0.1) is 0 Å². The minimum absolute atomic E-state index is 0.222. The molecule has 0 spiro atoms. The highest BCUT2D eigenvalue weighted by molar-refractivity contribution is 5.95. The van der Waals surface area contributed by atoms with Crippen LogP contribution in [-0.4, -0.2) is 35.5 Å². The molecule has 7 heteroatoms. The molecule has 0 saturated heterocycles. The number of amides is 2. The quantitative estimate of drug-likeness (QED) is 0.681. The number of carbonyl (C=O) groups is 3. The van der Waals surface area contributed by atoms with Gasteiger partial charge in [-0.2, -0.15) is 0 Å². The average Bonchev–Trinajstić information content (AvgIpc) is 2.48. The highest BCUT2D eigenvalue weighted by atomic mass is 16.5. The lowest BCUT2D eigenvalue weighted by Gasteiger charge is -2.16. The Kier molecular flexibility index (Phi) is 6.88. The van der Waals surface area contributed by atoms with Crippen molar-refractivity contribution in [2.45, 2.75) is 32.7 Å². The summed E-state index contributed by atoms with van der Waals surface area (Å²) in [6.07, 6.45) is -0.0212. The molecule has 7 nitrogen and oxygen atoms in total. The number of ether oxygens (including phenoxy) is 1. The molecule has 0 heterocycles. The number of Topliss-reactive ketones (excluding diaryl/α,β-unsaturated/α-hetero) is 1. The van der Waals surface area contributed by atoms with Crippen molar-refractivity contribution in [1.29, 1.82) is 0 Å². The van der Waals surface area contributed by atoms with Crippen molar-refractivity contribution in [2.75, 3.05) is 11.9 Å².